The largest absolute Gasteiger partial charge is 0.308 e. The van der Waals surface area contributed by atoms with Gasteiger partial charge in [0.2, 0.25) is 0 Å². The van der Waals surface area contributed by atoms with Gasteiger partial charge in [-0.25, -0.2) is 0 Å². The third-order valence-corrected chi connectivity index (χ3v) is 5.23. The number of hydrogen-bond donors (Lipinski definition) is 1. The van der Waals surface area contributed by atoms with Crippen LogP contribution >= 0.6 is 0 Å². The predicted octanol–water partition coefficient (Wildman–Crippen LogP) is 3.28. The van der Waals surface area contributed by atoms with Crippen LogP contribution in [0.5, 0.6) is 0 Å². The number of nitrogens with zero attached hydrogens (tertiary/aromatic N) is 2. The van der Waals surface area contributed by atoms with Crippen LogP contribution in [0.15, 0.2) is 18.5 Å². The molecular weight excluding hydrogens is 258 g/mol. The SMILES string of the molecule is CCCC1CNC2(CCCC2)CN1Cc1cncc(C)c1. The first-order valence-corrected chi connectivity index (χ1v) is 8.60. The van der Waals surface area contributed by atoms with Crippen LogP contribution in [0.25, 0.3) is 0 Å². The van der Waals surface area contributed by atoms with E-state index in [1.54, 1.807) is 0 Å². The molecule has 1 aromatic heterocycles. The summed E-state index contributed by atoms with van der Waals surface area (Å²) < 4.78 is 0. The highest BCUT2D eigenvalue weighted by molar-refractivity contribution is 5.17. The fraction of sp³-hybridized carbons (Fsp3) is 0.722. The second-order valence-corrected chi connectivity index (χ2v) is 7.09. The number of aromatic nitrogens is 1. The Morgan fingerprint density at radius 3 is 2.86 bits per heavy atom. The van der Waals surface area contributed by atoms with Gasteiger partial charge in [0, 0.05) is 43.6 Å². The molecule has 0 radical (unpaired) electrons. The monoisotopic (exact) mass is 287 g/mol. The fourth-order valence-electron chi connectivity index (χ4n) is 4.17. The van der Waals surface area contributed by atoms with Gasteiger partial charge in [0.1, 0.15) is 0 Å². The molecular formula is C18H29N3. The molecule has 1 unspecified atom stereocenters. The van der Waals surface area contributed by atoms with Crippen LogP contribution in [0.4, 0.5) is 0 Å². The molecule has 1 atom stereocenters. The lowest BCUT2D eigenvalue weighted by Gasteiger charge is -2.46. The maximum Gasteiger partial charge on any atom is 0.0313 e. The molecule has 0 aromatic carbocycles. The molecule has 2 aliphatic rings. The van der Waals surface area contributed by atoms with Gasteiger partial charge >= 0.3 is 0 Å². The van der Waals surface area contributed by atoms with E-state index < -0.39 is 0 Å². The van der Waals surface area contributed by atoms with E-state index in [-0.39, 0.29) is 0 Å². The highest BCUT2D eigenvalue weighted by Crippen LogP contribution is 2.34. The minimum absolute atomic E-state index is 0.404. The van der Waals surface area contributed by atoms with Crippen molar-refractivity contribution >= 4 is 0 Å². The lowest BCUT2D eigenvalue weighted by molar-refractivity contribution is 0.0689. The molecule has 1 spiro atoms. The Hall–Kier alpha value is -0.930. The minimum Gasteiger partial charge on any atom is -0.308 e. The van der Waals surface area contributed by atoms with Crippen molar-refractivity contribution in [1.29, 1.82) is 0 Å². The van der Waals surface area contributed by atoms with Crippen molar-refractivity contribution in [2.45, 2.75) is 70.5 Å². The van der Waals surface area contributed by atoms with Crippen LogP contribution in [-0.4, -0.2) is 34.6 Å². The van der Waals surface area contributed by atoms with E-state index in [1.165, 1.54) is 56.2 Å². The van der Waals surface area contributed by atoms with Gasteiger partial charge in [0.15, 0.2) is 0 Å². The third-order valence-electron chi connectivity index (χ3n) is 5.23. The fourth-order valence-corrected chi connectivity index (χ4v) is 4.17. The number of aryl methyl sites for hydroxylation is 1. The van der Waals surface area contributed by atoms with Gasteiger partial charge in [-0.15, -0.1) is 0 Å². The molecule has 3 rings (SSSR count). The first kappa shape index (κ1) is 15.0. The molecule has 2 heterocycles. The van der Waals surface area contributed by atoms with Crippen molar-refractivity contribution in [3.63, 3.8) is 0 Å². The molecule has 1 N–H and O–H groups in total. The Morgan fingerprint density at radius 2 is 2.14 bits per heavy atom. The van der Waals surface area contributed by atoms with Crippen LogP contribution in [-0.2, 0) is 6.54 Å². The standard InChI is InChI=1S/C18H29N3/c1-3-6-17-12-20-18(7-4-5-8-18)14-21(17)13-16-9-15(2)10-19-11-16/h9-11,17,20H,3-8,12-14H2,1-2H3. The molecule has 3 heteroatoms. The summed E-state index contributed by atoms with van der Waals surface area (Å²) in [4.78, 5) is 7.09. The highest BCUT2D eigenvalue weighted by Gasteiger charge is 2.40. The first-order valence-electron chi connectivity index (χ1n) is 8.60. The number of rotatable bonds is 4. The van der Waals surface area contributed by atoms with E-state index in [0.717, 1.165) is 13.1 Å². The summed E-state index contributed by atoms with van der Waals surface area (Å²) >= 11 is 0. The molecule has 1 saturated carbocycles. The van der Waals surface area contributed by atoms with Gasteiger partial charge in [0.25, 0.3) is 0 Å². The maximum atomic E-state index is 4.37. The summed E-state index contributed by atoms with van der Waals surface area (Å²) in [5.41, 5.74) is 3.04. The zero-order valence-corrected chi connectivity index (χ0v) is 13.6. The molecule has 1 aliphatic heterocycles. The Morgan fingerprint density at radius 1 is 1.33 bits per heavy atom. The van der Waals surface area contributed by atoms with Gasteiger partial charge in [-0.2, -0.15) is 0 Å². The topological polar surface area (TPSA) is 28.2 Å². The second-order valence-electron chi connectivity index (χ2n) is 7.09. The normalized spacial score (nSPS) is 25.5. The van der Waals surface area contributed by atoms with Crippen LogP contribution in [0.2, 0.25) is 0 Å². The summed E-state index contributed by atoms with van der Waals surface area (Å²) in [7, 11) is 0. The maximum absolute atomic E-state index is 4.37. The van der Waals surface area contributed by atoms with Crippen LogP contribution < -0.4 is 5.32 Å². The summed E-state index contributed by atoms with van der Waals surface area (Å²) in [6.45, 7) is 7.87. The highest BCUT2D eigenvalue weighted by atomic mass is 15.3. The number of nitrogens with one attached hydrogen (secondary N) is 1. The van der Waals surface area contributed by atoms with Crippen molar-refractivity contribution in [2.24, 2.45) is 0 Å². The molecule has 1 aliphatic carbocycles. The molecule has 116 valence electrons. The zero-order valence-electron chi connectivity index (χ0n) is 13.6. The van der Waals surface area contributed by atoms with E-state index >= 15 is 0 Å². The number of pyridine rings is 1. The third kappa shape index (κ3) is 3.46. The average Bonchev–Trinajstić information content (AvgIpc) is 2.91. The second kappa shape index (κ2) is 6.45. The van der Waals surface area contributed by atoms with Crippen molar-refractivity contribution in [3.05, 3.63) is 29.6 Å². The van der Waals surface area contributed by atoms with E-state index in [9.17, 15) is 0 Å². The van der Waals surface area contributed by atoms with Crippen LogP contribution in [0.3, 0.4) is 0 Å². The molecule has 1 saturated heterocycles. The Bertz CT molecular complexity index is 465. The molecule has 3 nitrogen and oxygen atoms in total. The van der Waals surface area contributed by atoms with Crippen molar-refractivity contribution < 1.29 is 0 Å². The van der Waals surface area contributed by atoms with Gasteiger partial charge in [-0.1, -0.05) is 32.3 Å². The van der Waals surface area contributed by atoms with Crippen molar-refractivity contribution in [3.8, 4) is 0 Å². The predicted molar refractivity (Wildman–Crippen MR) is 87.3 cm³/mol. The quantitative estimate of drug-likeness (QED) is 0.921. The first-order chi connectivity index (χ1) is 10.2. The summed E-state index contributed by atoms with van der Waals surface area (Å²) in [6, 6.07) is 2.97. The van der Waals surface area contributed by atoms with Crippen LogP contribution in [0, 0.1) is 6.92 Å². The van der Waals surface area contributed by atoms with Crippen molar-refractivity contribution in [2.75, 3.05) is 13.1 Å². The van der Waals surface area contributed by atoms with Gasteiger partial charge in [-0.05, 0) is 37.3 Å². The van der Waals surface area contributed by atoms with Crippen molar-refractivity contribution in [1.82, 2.24) is 15.2 Å². The van der Waals surface area contributed by atoms with E-state index in [2.05, 4.69) is 35.1 Å². The van der Waals surface area contributed by atoms with E-state index in [0.29, 0.717) is 11.6 Å². The van der Waals surface area contributed by atoms with E-state index in [1.807, 2.05) is 12.4 Å². The molecule has 0 bridgehead atoms. The zero-order chi connectivity index (χ0) is 14.7. The molecule has 21 heavy (non-hydrogen) atoms. The number of piperazine rings is 1. The molecule has 1 aromatic rings. The van der Waals surface area contributed by atoms with E-state index in [4.69, 9.17) is 0 Å². The Kier molecular flexibility index (Phi) is 4.60. The lowest BCUT2D eigenvalue weighted by Crippen LogP contribution is -2.62. The summed E-state index contributed by atoms with van der Waals surface area (Å²) in [5, 5.41) is 3.90. The van der Waals surface area contributed by atoms with Gasteiger partial charge in [0.05, 0.1) is 0 Å². The summed E-state index contributed by atoms with van der Waals surface area (Å²) in [5.74, 6) is 0. The lowest BCUT2D eigenvalue weighted by atomic mass is 9.91. The molecule has 2 fully saturated rings. The van der Waals surface area contributed by atoms with Crippen LogP contribution in [0.1, 0.15) is 56.6 Å². The van der Waals surface area contributed by atoms with Gasteiger partial charge in [-0.3, -0.25) is 9.88 Å². The van der Waals surface area contributed by atoms with Gasteiger partial charge < -0.3 is 5.32 Å². The average molecular weight is 287 g/mol. The Balaban J connectivity index is 1.73. The molecule has 0 amide bonds. The summed E-state index contributed by atoms with van der Waals surface area (Å²) in [6.07, 6.45) is 12.0. The Labute approximate surface area is 129 Å². The number of hydrogen-bond acceptors (Lipinski definition) is 3. The smallest absolute Gasteiger partial charge is 0.0313 e. The minimum atomic E-state index is 0.404.